The number of ether oxygens (including phenoxy) is 2. The van der Waals surface area contributed by atoms with E-state index in [1.807, 2.05) is 12.1 Å². The van der Waals surface area contributed by atoms with Gasteiger partial charge in [0.05, 0.1) is 11.5 Å². The molecule has 0 radical (unpaired) electrons. The van der Waals surface area contributed by atoms with Crippen molar-refractivity contribution in [3.63, 3.8) is 0 Å². The second-order valence-corrected chi connectivity index (χ2v) is 5.38. The number of hydrogen-bond donors (Lipinski definition) is 1. The molecule has 8 heteroatoms. The van der Waals surface area contributed by atoms with E-state index in [0.29, 0.717) is 24.8 Å². The van der Waals surface area contributed by atoms with E-state index in [4.69, 9.17) is 9.47 Å². The monoisotopic (exact) mass is 332 g/mol. The molecule has 0 bridgehead atoms. The third-order valence-electron chi connectivity index (χ3n) is 3.33. The molecule has 1 heterocycles. The van der Waals surface area contributed by atoms with Gasteiger partial charge in [-0.1, -0.05) is 26.0 Å². The van der Waals surface area contributed by atoms with Gasteiger partial charge in [-0.3, -0.25) is 10.1 Å². The Bertz CT molecular complexity index is 689. The lowest BCUT2D eigenvalue weighted by Gasteiger charge is -2.10. The number of anilines is 1. The summed E-state index contributed by atoms with van der Waals surface area (Å²) in [6.45, 7) is 4.96. The molecule has 24 heavy (non-hydrogen) atoms. The van der Waals surface area contributed by atoms with Gasteiger partial charge in [-0.2, -0.15) is 4.98 Å². The highest BCUT2D eigenvalue weighted by Crippen LogP contribution is 2.34. The molecule has 128 valence electrons. The van der Waals surface area contributed by atoms with Gasteiger partial charge in [0.2, 0.25) is 5.82 Å². The first-order valence-corrected chi connectivity index (χ1v) is 7.53. The van der Waals surface area contributed by atoms with Crippen LogP contribution < -0.4 is 10.1 Å². The Morgan fingerprint density at radius 1 is 1.25 bits per heavy atom. The standard InChI is InChI=1S/C16H20N4O4/c1-11(2)12-4-6-13(7-5-12)24-16-14(20(21)22)15(18-10-19-16)17-8-9-23-3/h4-7,10-11H,8-9H2,1-3H3,(H,17,18,19). The molecular formula is C16H20N4O4. The summed E-state index contributed by atoms with van der Waals surface area (Å²) in [5, 5.41) is 14.2. The number of benzene rings is 1. The van der Waals surface area contributed by atoms with Crippen LogP contribution in [0.2, 0.25) is 0 Å². The Balaban J connectivity index is 2.25. The SMILES string of the molecule is COCCNc1ncnc(Oc2ccc(C(C)C)cc2)c1[N+](=O)[O-]. The number of nitrogens with one attached hydrogen (secondary N) is 1. The highest BCUT2D eigenvalue weighted by atomic mass is 16.6. The minimum atomic E-state index is -0.563. The van der Waals surface area contributed by atoms with Gasteiger partial charge in [0.25, 0.3) is 0 Å². The van der Waals surface area contributed by atoms with Crippen molar-refractivity contribution >= 4 is 11.5 Å². The third kappa shape index (κ3) is 4.39. The van der Waals surface area contributed by atoms with Crippen LogP contribution in [0.3, 0.4) is 0 Å². The predicted molar refractivity (Wildman–Crippen MR) is 89.7 cm³/mol. The normalized spacial score (nSPS) is 10.7. The number of hydrogen-bond acceptors (Lipinski definition) is 7. The smallest absolute Gasteiger partial charge is 0.373 e. The van der Waals surface area contributed by atoms with Gasteiger partial charge >= 0.3 is 11.6 Å². The maximum absolute atomic E-state index is 11.4. The summed E-state index contributed by atoms with van der Waals surface area (Å²) in [6.07, 6.45) is 1.22. The van der Waals surface area contributed by atoms with Crippen LogP contribution in [-0.4, -0.2) is 35.2 Å². The van der Waals surface area contributed by atoms with E-state index in [1.54, 1.807) is 19.2 Å². The maximum Gasteiger partial charge on any atom is 0.373 e. The van der Waals surface area contributed by atoms with E-state index in [9.17, 15) is 10.1 Å². The van der Waals surface area contributed by atoms with Crippen LogP contribution in [0.25, 0.3) is 0 Å². The molecule has 0 unspecified atom stereocenters. The topological polar surface area (TPSA) is 99.4 Å². The Kier molecular flexibility index (Phi) is 6.02. The van der Waals surface area contributed by atoms with Crippen molar-refractivity contribution in [3.05, 3.63) is 46.3 Å². The lowest BCUT2D eigenvalue weighted by Crippen LogP contribution is -2.11. The quantitative estimate of drug-likeness (QED) is 0.449. The molecule has 0 saturated heterocycles. The summed E-state index contributed by atoms with van der Waals surface area (Å²) in [5.41, 5.74) is 0.850. The first-order valence-electron chi connectivity index (χ1n) is 7.53. The molecule has 0 aliphatic rings. The molecule has 0 aliphatic carbocycles. The van der Waals surface area contributed by atoms with Gasteiger partial charge in [-0.15, -0.1) is 0 Å². The number of nitrogens with zero attached hydrogens (tertiary/aromatic N) is 3. The molecule has 1 N–H and O–H groups in total. The molecule has 0 atom stereocenters. The predicted octanol–water partition coefficient (Wildman–Crippen LogP) is 3.36. The molecular weight excluding hydrogens is 312 g/mol. The average molecular weight is 332 g/mol. The first kappa shape index (κ1) is 17.6. The molecule has 1 aromatic heterocycles. The average Bonchev–Trinajstić information content (AvgIpc) is 2.55. The lowest BCUT2D eigenvalue weighted by molar-refractivity contribution is -0.385. The molecule has 1 aromatic carbocycles. The van der Waals surface area contributed by atoms with Crippen LogP contribution in [0.4, 0.5) is 11.5 Å². The Hall–Kier alpha value is -2.74. The van der Waals surface area contributed by atoms with Gasteiger partial charge in [-0.25, -0.2) is 4.98 Å². The van der Waals surface area contributed by atoms with Crippen molar-refractivity contribution < 1.29 is 14.4 Å². The lowest BCUT2D eigenvalue weighted by atomic mass is 10.0. The van der Waals surface area contributed by atoms with Crippen LogP contribution in [0, 0.1) is 10.1 Å². The van der Waals surface area contributed by atoms with Crippen molar-refractivity contribution in [2.75, 3.05) is 25.6 Å². The van der Waals surface area contributed by atoms with E-state index in [-0.39, 0.29) is 17.4 Å². The Morgan fingerprint density at radius 3 is 2.54 bits per heavy atom. The van der Waals surface area contributed by atoms with E-state index in [1.165, 1.54) is 6.33 Å². The second kappa shape index (κ2) is 8.21. The van der Waals surface area contributed by atoms with Gasteiger partial charge in [0.1, 0.15) is 12.1 Å². The Morgan fingerprint density at radius 2 is 1.96 bits per heavy atom. The van der Waals surface area contributed by atoms with Gasteiger partial charge in [0, 0.05) is 13.7 Å². The van der Waals surface area contributed by atoms with Crippen LogP contribution in [0.5, 0.6) is 11.6 Å². The summed E-state index contributed by atoms with van der Waals surface area (Å²) in [7, 11) is 1.55. The molecule has 0 saturated carbocycles. The molecule has 0 aliphatic heterocycles. The van der Waals surface area contributed by atoms with Gasteiger partial charge < -0.3 is 14.8 Å². The fourth-order valence-electron chi connectivity index (χ4n) is 2.04. The minimum Gasteiger partial charge on any atom is -0.434 e. The summed E-state index contributed by atoms with van der Waals surface area (Å²) in [5.74, 6) is 0.862. The number of methoxy groups -OCH3 is 1. The van der Waals surface area contributed by atoms with E-state index >= 15 is 0 Å². The fraction of sp³-hybridized carbons (Fsp3) is 0.375. The highest BCUT2D eigenvalue weighted by Gasteiger charge is 2.24. The zero-order chi connectivity index (χ0) is 17.5. The summed E-state index contributed by atoms with van der Waals surface area (Å²) in [6, 6.07) is 7.37. The molecule has 8 nitrogen and oxygen atoms in total. The maximum atomic E-state index is 11.4. The molecule has 2 rings (SSSR count). The van der Waals surface area contributed by atoms with Crippen molar-refractivity contribution in [2.24, 2.45) is 0 Å². The molecule has 2 aromatic rings. The number of rotatable bonds is 8. The zero-order valence-electron chi connectivity index (χ0n) is 13.9. The largest absolute Gasteiger partial charge is 0.434 e. The first-order chi connectivity index (χ1) is 11.5. The summed E-state index contributed by atoms with van der Waals surface area (Å²) in [4.78, 5) is 18.6. The van der Waals surface area contributed by atoms with Gasteiger partial charge in [-0.05, 0) is 23.6 Å². The number of aromatic nitrogens is 2. The second-order valence-electron chi connectivity index (χ2n) is 5.38. The van der Waals surface area contributed by atoms with Crippen molar-refractivity contribution in [1.29, 1.82) is 0 Å². The van der Waals surface area contributed by atoms with Crippen LogP contribution in [-0.2, 0) is 4.74 Å². The van der Waals surface area contributed by atoms with Crippen LogP contribution in [0.15, 0.2) is 30.6 Å². The van der Waals surface area contributed by atoms with Crippen molar-refractivity contribution in [1.82, 2.24) is 9.97 Å². The van der Waals surface area contributed by atoms with E-state index in [2.05, 4.69) is 29.1 Å². The van der Waals surface area contributed by atoms with Crippen LogP contribution >= 0.6 is 0 Å². The molecule has 0 spiro atoms. The van der Waals surface area contributed by atoms with Crippen molar-refractivity contribution in [2.45, 2.75) is 19.8 Å². The minimum absolute atomic E-state index is 0.0980. The molecule has 0 fully saturated rings. The molecule has 0 amide bonds. The third-order valence-corrected chi connectivity index (χ3v) is 3.33. The van der Waals surface area contributed by atoms with Crippen molar-refractivity contribution in [3.8, 4) is 11.6 Å². The van der Waals surface area contributed by atoms with E-state index in [0.717, 1.165) is 5.56 Å². The zero-order valence-corrected chi connectivity index (χ0v) is 13.9. The fourth-order valence-corrected chi connectivity index (χ4v) is 2.04. The number of nitro groups is 1. The highest BCUT2D eigenvalue weighted by molar-refractivity contribution is 5.61. The Labute approximate surface area is 140 Å². The van der Waals surface area contributed by atoms with Gasteiger partial charge in [0.15, 0.2) is 0 Å². The summed E-state index contributed by atoms with van der Waals surface area (Å²) < 4.78 is 10.5. The van der Waals surface area contributed by atoms with E-state index < -0.39 is 4.92 Å². The van der Waals surface area contributed by atoms with Crippen LogP contribution in [0.1, 0.15) is 25.3 Å². The summed E-state index contributed by atoms with van der Waals surface area (Å²) >= 11 is 0.